The van der Waals surface area contributed by atoms with Gasteiger partial charge in [-0.3, -0.25) is 9.59 Å². The summed E-state index contributed by atoms with van der Waals surface area (Å²) in [5.74, 6) is -0.755. The lowest BCUT2D eigenvalue weighted by Gasteiger charge is -2.26. The van der Waals surface area contributed by atoms with Crippen LogP contribution in [0.25, 0.3) is 0 Å². The summed E-state index contributed by atoms with van der Waals surface area (Å²) in [6.07, 6.45) is 0.382. The predicted molar refractivity (Wildman–Crippen MR) is 63.1 cm³/mol. The molecule has 0 atom stereocenters. The minimum absolute atomic E-state index is 0.0800. The van der Waals surface area contributed by atoms with Crippen LogP contribution >= 0.6 is 0 Å². The zero-order valence-corrected chi connectivity index (χ0v) is 10.9. The van der Waals surface area contributed by atoms with Crippen LogP contribution in [0.4, 0.5) is 0 Å². The van der Waals surface area contributed by atoms with Crippen LogP contribution in [0.1, 0.15) is 41.0 Å². The molecule has 0 aromatic carbocycles. The Morgan fingerprint density at radius 3 is 2.06 bits per heavy atom. The first-order chi connectivity index (χ1) is 7.11. The molecule has 0 saturated carbocycles. The molecule has 4 heteroatoms. The highest BCUT2D eigenvalue weighted by molar-refractivity contribution is 5.81. The number of hydrogen-bond donors (Lipinski definition) is 1. The van der Waals surface area contributed by atoms with Crippen molar-refractivity contribution in [2.24, 2.45) is 11.3 Å². The van der Waals surface area contributed by atoms with Gasteiger partial charge in [0.25, 0.3) is 0 Å². The largest absolute Gasteiger partial charge is 0.480 e. The van der Waals surface area contributed by atoms with Crippen molar-refractivity contribution in [1.29, 1.82) is 0 Å². The lowest BCUT2D eigenvalue weighted by Crippen LogP contribution is -2.39. The van der Waals surface area contributed by atoms with Gasteiger partial charge >= 0.3 is 5.97 Å². The fourth-order valence-corrected chi connectivity index (χ4v) is 1.42. The highest BCUT2D eigenvalue weighted by Gasteiger charge is 2.23. The second-order valence-corrected chi connectivity index (χ2v) is 5.80. The number of nitrogens with zero attached hydrogens (tertiary/aromatic N) is 1. The van der Waals surface area contributed by atoms with Crippen molar-refractivity contribution in [3.8, 4) is 0 Å². The minimum Gasteiger partial charge on any atom is -0.480 e. The Labute approximate surface area is 97.6 Å². The van der Waals surface area contributed by atoms with Gasteiger partial charge in [-0.15, -0.1) is 0 Å². The number of carboxylic acid groups (broad SMARTS) is 1. The summed E-state index contributed by atoms with van der Waals surface area (Å²) in [6.45, 7) is 10.2. The van der Waals surface area contributed by atoms with Gasteiger partial charge in [0.05, 0.1) is 0 Å². The van der Waals surface area contributed by atoms with Gasteiger partial charge in [-0.05, 0) is 11.3 Å². The third-order valence-corrected chi connectivity index (χ3v) is 1.95. The third-order valence-electron chi connectivity index (χ3n) is 1.95. The number of amides is 1. The van der Waals surface area contributed by atoms with Crippen molar-refractivity contribution in [3.63, 3.8) is 0 Å². The number of rotatable bonds is 5. The van der Waals surface area contributed by atoms with E-state index in [1.54, 1.807) is 0 Å². The maximum Gasteiger partial charge on any atom is 0.323 e. The van der Waals surface area contributed by atoms with E-state index in [1.807, 2.05) is 34.6 Å². The van der Waals surface area contributed by atoms with Gasteiger partial charge in [-0.1, -0.05) is 34.6 Å². The Kier molecular flexibility index (Phi) is 5.48. The van der Waals surface area contributed by atoms with E-state index < -0.39 is 5.97 Å². The normalized spacial score (nSPS) is 11.6. The minimum atomic E-state index is -0.956. The van der Waals surface area contributed by atoms with Crippen LogP contribution in [0.2, 0.25) is 0 Å². The van der Waals surface area contributed by atoms with Crippen LogP contribution in [0, 0.1) is 11.3 Å². The molecule has 94 valence electrons. The van der Waals surface area contributed by atoms with Crippen molar-refractivity contribution < 1.29 is 14.7 Å². The Morgan fingerprint density at radius 1 is 1.25 bits per heavy atom. The predicted octanol–water partition coefficient (Wildman–Crippen LogP) is 1.99. The SMILES string of the molecule is CC(C)CN(CC(=O)O)C(=O)CC(C)(C)C. The summed E-state index contributed by atoms with van der Waals surface area (Å²) in [6, 6.07) is 0. The first-order valence-corrected chi connectivity index (χ1v) is 5.61. The van der Waals surface area contributed by atoms with Crippen LogP contribution in [0.5, 0.6) is 0 Å². The van der Waals surface area contributed by atoms with Crippen LogP contribution in [-0.2, 0) is 9.59 Å². The maximum absolute atomic E-state index is 11.9. The Balaban J connectivity index is 4.49. The van der Waals surface area contributed by atoms with E-state index in [9.17, 15) is 9.59 Å². The molecule has 0 rings (SSSR count). The van der Waals surface area contributed by atoms with Crippen molar-refractivity contribution in [2.75, 3.05) is 13.1 Å². The highest BCUT2D eigenvalue weighted by Crippen LogP contribution is 2.20. The molecule has 0 aliphatic rings. The molecule has 0 heterocycles. The monoisotopic (exact) mass is 229 g/mol. The fraction of sp³-hybridized carbons (Fsp3) is 0.833. The summed E-state index contributed by atoms with van der Waals surface area (Å²) in [7, 11) is 0. The van der Waals surface area contributed by atoms with E-state index in [2.05, 4.69) is 0 Å². The molecule has 0 aliphatic heterocycles. The fourth-order valence-electron chi connectivity index (χ4n) is 1.42. The molecule has 0 fully saturated rings. The molecule has 0 aromatic heterocycles. The zero-order valence-electron chi connectivity index (χ0n) is 10.9. The summed E-state index contributed by atoms with van der Waals surface area (Å²) in [5, 5.41) is 8.75. The first-order valence-electron chi connectivity index (χ1n) is 5.61. The molecule has 0 radical (unpaired) electrons. The van der Waals surface area contributed by atoms with Crippen molar-refractivity contribution in [3.05, 3.63) is 0 Å². The first kappa shape index (κ1) is 14.9. The lowest BCUT2D eigenvalue weighted by molar-refractivity contribution is -0.145. The molecule has 0 aromatic rings. The number of carbonyl (C=O) groups is 2. The topological polar surface area (TPSA) is 57.6 Å². The average Bonchev–Trinajstić information content (AvgIpc) is 1.97. The van der Waals surface area contributed by atoms with E-state index >= 15 is 0 Å². The average molecular weight is 229 g/mol. The number of hydrogen-bond acceptors (Lipinski definition) is 2. The molecular formula is C12H23NO3. The molecule has 0 saturated heterocycles. The van der Waals surface area contributed by atoms with E-state index in [4.69, 9.17) is 5.11 Å². The number of aliphatic carboxylic acids is 1. The smallest absolute Gasteiger partial charge is 0.323 e. The maximum atomic E-state index is 11.9. The quantitative estimate of drug-likeness (QED) is 0.784. The summed E-state index contributed by atoms with van der Waals surface area (Å²) in [4.78, 5) is 24.0. The van der Waals surface area contributed by atoms with Gasteiger partial charge in [-0.2, -0.15) is 0 Å². The van der Waals surface area contributed by atoms with Crippen LogP contribution in [-0.4, -0.2) is 35.0 Å². The molecule has 0 spiro atoms. The Hall–Kier alpha value is -1.06. The van der Waals surface area contributed by atoms with Crippen molar-refractivity contribution in [1.82, 2.24) is 4.90 Å². The van der Waals surface area contributed by atoms with Crippen molar-refractivity contribution >= 4 is 11.9 Å². The van der Waals surface area contributed by atoms with Gasteiger partial charge in [-0.25, -0.2) is 0 Å². The van der Waals surface area contributed by atoms with Gasteiger partial charge in [0.2, 0.25) is 5.91 Å². The molecule has 0 aliphatic carbocycles. The van der Waals surface area contributed by atoms with E-state index in [0.29, 0.717) is 13.0 Å². The van der Waals surface area contributed by atoms with Crippen LogP contribution in [0.3, 0.4) is 0 Å². The van der Waals surface area contributed by atoms with E-state index in [0.717, 1.165) is 0 Å². The van der Waals surface area contributed by atoms with E-state index in [1.165, 1.54) is 4.90 Å². The molecular weight excluding hydrogens is 206 g/mol. The second kappa shape index (κ2) is 5.87. The zero-order chi connectivity index (χ0) is 12.9. The standard InChI is InChI=1S/C12H23NO3/c1-9(2)7-13(8-11(15)16)10(14)6-12(3,4)5/h9H,6-8H2,1-5H3,(H,15,16). The van der Waals surface area contributed by atoms with Gasteiger partial charge < -0.3 is 10.0 Å². The second-order valence-electron chi connectivity index (χ2n) is 5.80. The van der Waals surface area contributed by atoms with Crippen molar-refractivity contribution in [2.45, 2.75) is 41.0 Å². The van der Waals surface area contributed by atoms with Gasteiger partial charge in [0.15, 0.2) is 0 Å². The Bertz CT molecular complexity index is 253. The molecule has 1 amide bonds. The Morgan fingerprint density at radius 2 is 1.75 bits per heavy atom. The number of carboxylic acids is 1. The third kappa shape index (κ3) is 7.26. The summed E-state index contributed by atoms with van der Waals surface area (Å²) < 4.78 is 0. The molecule has 16 heavy (non-hydrogen) atoms. The molecule has 0 unspecified atom stereocenters. The molecule has 4 nitrogen and oxygen atoms in total. The van der Waals surface area contributed by atoms with E-state index in [-0.39, 0.29) is 23.8 Å². The molecule has 1 N–H and O–H groups in total. The highest BCUT2D eigenvalue weighted by atomic mass is 16.4. The summed E-state index contributed by atoms with van der Waals surface area (Å²) in [5.41, 5.74) is -0.106. The van der Waals surface area contributed by atoms with Gasteiger partial charge in [0, 0.05) is 13.0 Å². The van der Waals surface area contributed by atoms with Crippen LogP contribution in [0.15, 0.2) is 0 Å². The lowest BCUT2D eigenvalue weighted by atomic mass is 9.91. The van der Waals surface area contributed by atoms with Gasteiger partial charge in [0.1, 0.15) is 6.54 Å². The summed E-state index contributed by atoms with van der Waals surface area (Å²) >= 11 is 0. The number of carbonyl (C=O) groups excluding carboxylic acids is 1. The molecule has 0 bridgehead atoms. The van der Waals surface area contributed by atoms with Crippen LogP contribution < -0.4 is 0 Å².